The molecule has 3 aromatic rings. The fourth-order valence-corrected chi connectivity index (χ4v) is 3.90. The lowest BCUT2D eigenvalue weighted by molar-refractivity contribution is 0.407. The van der Waals surface area contributed by atoms with Crippen LogP contribution >= 0.6 is 12.2 Å². The van der Waals surface area contributed by atoms with E-state index in [2.05, 4.69) is 65.4 Å². The number of thiocarbonyl (C=S) groups is 1. The third kappa shape index (κ3) is 6.86. The summed E-state index contributed by atoms with van der Waals surface area (Å²) in [5.41, 5.74) is 4.54. The summed E-state index contributed by atoms with van der Waals surface area (Å²) >= 11 is 5.82. The van der Waals surface area contributed by atoms with Crippen LogP contribution in [0.15, 0.2) is 72.8 Å². The van der Waals surface area contributed by atoms with Gasteiger partial charge in [-0.2, -0.15) is 0 Å². The molecule has 0 radical (unpaired) electrons. The van der Waals surface area contributed by atoms with E-state index in [4.69, 9.17) is 21.7 Å². The summed E-state index contributed by atoms with van der Waals surface area (Å²) in [7, 11) is 3.34. The summed E-state index contributed by atoms with van der Waals surface area (Å²) in [4.78, 5) is 4.52. The zero-order valence-corrected chi connectivity index (χ0v) is 20.7. The van der Waals surface area contributed by atoms with E-state index in [1.165, 1.54) is 11.3 Å². The lowest BCUT2D eigenvalue weighted by Gasteiger charge is -2.27. The zero-order valence-electron chi connectivity index (χ0n) is 19.9. The zero-order chi connectivity index (χ0) is 23.6. The van der Waals surface area contributed by atoms with Gasteiger partial charge in [-0.25, -0.2) is 0 Å². The molecule has 0 saturated carbocycles. The monoisotopic (exact) mass is 463 g/mol. The highest BCUT2D eigenvalue weighted by Crippen LogP contribution is 2.20. The summed E-state index contributed by atoms with van der Waals surface area (Å²) in [6, 6.07) is 24.6. The minimum absolute atomic E-state index is 0.670. The summed E-state index contributed by atoms with van der Waals surface area (Å²) in [6.07, 6.45) is 0. The van der Waals surface area contributed by atoms with E-state index in [1.54, 1.807) is 14.2 Å². The normalized spacial score (nSPS) is 10.4. The number of rotatable bonds is 10. The van der Waals surface area contributed by atoms with Crippen LogP contribution in [0.2, 0.25) is 0 Å². The van der Waals surface area contributed by atoms with Crippen molar-refractivity contribution in [2.24, 2.45) is 0 Å². The van der Waals surface area contributed by atoms with Crippen LogP contribution in [0.1, 0.15) is 25.0 Å². The molecule has 1 N–H and O–H groups in total. The number of benzene rings is 3. The van der Waals surface area contributed by atoms with Crippen molar-refractivity contribution in [3.8, 4) is 11.5 Å². The Balaban J connectivity index is 1.78. The molecule has 3 rings (SSSR count). The van der Waals surface area contributed by atoms with Gasteiger partial charge >= 0.3 is 0 Å². The molecule has 174 valence electrons. The summed E-state index contributed by atoms with van der Waals surface area (Å²) in [6.45, 7) is 7.73. The molecule has 0 aliphatic rings. The first kappa shape index (κ1) is 24.4. The first-order valence-electron chi connectivity index (χ1n) is 11.2. The Morgan fingerprint density at radius 3 is 1.64 bits per heavy atom. The molecular formula is C27H33N3O2S. The van der Waals surface area contributed by atoms with Crippen LogP contribution in [0.5, 0.6) is 11.5 Å². The Bertz CT molecular complexity index is 1000. The topological polar surface area (TPSA) is 37.0 Å². The first-order valence-corrected chi connectivity index (χ1v) is 11.6. The molecule has 0 spiro atoms. The molecule has 0 aliphatic heterocycles. The van der Waals surface area contributed by atoms with E-state index < -0.39 is 0 Å². The number of nitrogens with one attached hydrogen (secondary N) is 1. The third-order valence-corrected chi connectivity index (χ3v) is 5.96. The van der Waals surface area contributed by atoms with E-state index in [0.29, 0.717) is 18.2 Å². The summed E-state index contributed by atoms with van der Waals surface area (Å²) in [5.74, 6) is 1.66. The Hall–Kier alpha value is -3.25. The minimum Gasteiger partial charge on any atom is -0.497 e. The van der Waals surface area contributed by atoms with Crippen LogP contribution in [-0.4, -0.2) is 37.3 Å². The average Bonchev–Trinajstić information content (AvgIpc) is 2.86. The van der Waals surface area contributed by atoms with Crippen molar-refractivity contribution in [3.63, 3.8) is 0 Å². The summed E-state index contributed by atoms with van der Waals surface area (Å²) < 4.78 is 10.6. The van der Waals surface area contributed by atoms with Gasteiger partial charge in [0.15, 0.2) is 5.11 Å². The van der Waals surface area contributed by atoms with Crippen LogP contribution in [0.4, 0.5) is 11.4 Å². The van der Waals surface area contributed by atoms with Crippen LogP contribution < -0.4 is 19.7 Å². The van der Waals surface area contributed by atoms with Gasteiger partial charge in [-0.15, -0.1) is 0 Å². The fraction of sp³-hybridized carbons (Fsp3) is 0.296. The number of methoxy groups -OCH3 is 2. The highest BCUT2D eigenvalue weighted by molar-refractivity contribution is 7.80. The quantitative estimate of drug-likeness (QED) is 0.375. The highest BCUT2D eigenvalue weighted by atomic mass is 32.1. The molecular weight excluding hydrogens is 430 g/mol. The smallest absolute Gasteiger partial charge is 0.174 e. The number of hydrogen-bond acceptors (Lipinski definition) is 4. The van der Waals surface area contributed by atoms with Gasteiger partial charge in [-0.05, 0) is 85.7 Å². The van der Waals surface area contributed by atoms with Gasteiger partial charge in [-0.1, -0.05) is 24.3 Å². The standard InChI is InChI=1S/C27H33N3O2S/c1-5-29(6-2)24-13-7-21(8-14-24)19-30(20-22-9-15-25(31-3)16-10-22)27(33)28-23-11-17-26(32-4)18-12-23/h7-18H,5-6,19-20H2,1-4H3,(H,28,33). The second-order valence-corrected chi connectivity index (χ2v) is 8.09. The van der Waals surface area contributed by atoms with Gasteiger partial charge in [0.2, 0.25) is 0 Å². The minimum atomic E-state index is 0.670. The maximum Gasteiger partial charge on any atom is 0.174 e. The SMILES string of the molecule is CCN(CC)c1ccc(CN(Cc2ccc(OC)cc2)C(=S)Nc2ccc(OC)cc2)cc1. The van der Waals surface area contributed by atoms with Gasteiger partial charge < -0.3 is 24.6 Å². The maximum atomic E-state index is 5.82. The van der Waals surface area contributed by atoms with Gasteiger partial charge in [0.1, 0.15) is 11.5 Å². The second-order valence-electron chi connectivity index (χ2n) is 7.70. The van der Waals surface area contributed by atoms with Crippen LogP contribution in [-0.2, 0) is 13.1 Å². The van der Waals surface area contributed by atoms with Crippen molar-refractivity contribution in [2.75, 3.05) is 37.5 Å². The lowest BCUT2D eigenvalue weighted by atomic mass is 10.1. The average molecular weight is 464 g/mol. The van der Waals surface area contributed by atoms with Gasteiger partial charge in [0.05, 0.1) is 14.2 Å². The Labute approximate surface area is 202 Å². The second kappa shape index (κ2) is 12.1. The first-order chi connectivity index (χ1) is 16.1. The van der Waals surface area contributed by atoms with E-state index in [-0.39, 0.29) is 0 Å². The fourth-order valence-electron chi connectivity index (χ4n) is 3.65. The molecule has 0 aliphatic carbocycles. The number of anilines is 2. The Morgan fingerprint density at radius 1 is 0.727 bits per heavy atom. The molecule has 6 heteroatoms. The molecule has 0 unspecified atom stereocenters. The van der Waals surface area contributed by atoms with E-state index in [9.17, 15) is 0 Å². The van der Waals surface area contributed by atoms with Crippen LogP contribution in [0, 0.1) is 0 Å². The van der Waals surface area contributed by atoms with Crippen molar-refractivity contribution < 1.29 is 9.47 Å². The highest BCUT2D eigenvalue weighted by Gasteiger charge is 2.13. The molecule has 5 nitrogen and oxygen atoms in total. The van der Waals surface area contributed by atoms with Crippen LogP contribution in [0.3, 0.4) is 0 Å². The molecule has 3 aromatic carbocycles. The van der Waals surface area contributed by atoms with Gasteiger partial charge in [-0.3, -0.25) is 0 Å². The van der Waals surface area contributed by atoms with Crippen molar-refractivity contribution >= 4 is 28.7 Å². The molecule has 0 amide bonds. The largest absolute Gasteiger partial charge is 0.497 e. The Morgan fingerprint density at radius 2 is 1.18 bits per heavy atom. The number of nitrogens with zero attached hydrogens (tertiary/aromatic N) is 2. The van der Waals surface area contributed by atoms with E-state index in [0.717, 1.165) is 35.8 Å². The van der Waals surface area contributed by atoms with Gasteiger partial charge in [0.25, 0.3) is 0 Å². The molecule has 0 saturated heterocycles. The predicted molar refractivity (Wildman–Crippen MR) is 141 cm³/mol. The number of hydrogen-bond donors (Lipinski definition) is 1. The third-order valence-electron chi connectivity index (χ3n) is 5.60. The van der Waals surface area contributed by atoms with E-state index >= 15 is 0 Å². The van der Waals surface area contributed by atoms with Crippen molar-refractivity contribution in [1.29, 1.82) is 0 Å². The van der Waals surface area contributed by atoms with Crippen LogP contribution in [0.25, 0.3) is 0 Å². The predicted octanol–water partition coefficient (Wildman–Crippen LogP) is 5.95. The molecule has 0 heterocycles. The Kier molecular flexibility index (Phi) is 8.95. The lowest BCUT2D eigenvalue weighted by Crippen LogP contribution is -2.33. The maximum absolute atomic E-state index is 5.82. The van der Waals surface area contributed by atoms with Crippen molar-refractivity contribution in [3.05, 3.63) is 83.9 Å². The molecule has 0 atom stereocenters. The van der Waals surface area contributed by atoms with Gasteiger partial charge in [0, 0.05) is 37.6 Å². The van der Waals surface area contributed by atoms with Crippen molar-refractivity contribution in [1.82, 2.24) is 4.90 Å². The molecule has 0 fully saturated rings. The molecule has 33 heavy (non-hydrogen) atoms. The van der Waals surface area contributed by atoms with E-state index in [1.807, 2.05) is 36.4 Å². The molecule has 0 bridgehead atoms. The summed E-state index contributed by atoms with van der Waals surface area (Å²) in [5, 5.41) is 4.04. The number of ether oxygens (including phenoxy) is 2. The van der Waals surface area contributed by atoms with Crippen molar-refractivity contribution in [2.45, 2.75) is 26.9 Å². The molecule has 0 aromatic heterocycles.